The van der Waals surface area contributed by atoms with Crippen LogP contribution in [0.25, 0.3) is 0 Å². The van der Waals surface area contributed by atoms with Crippen molar-refractivity contribution in [2.24, 2.45) is 0 Å². The van der Waals surface area contributed by atoms with Gasteiger partial charge >= 0.3 is 16.4 Å². The fourth-order valence-corrected chi connectivity index (χ4v) is 1.35. The van der Waals surface area contributed by atoms with Gasteiger partial charge in [-0.1, -0.05) is 0 Å². The molecule has 5 N–H and O–H groups in total. The van der Waals surface area contributed by atoms with E-state index >= 15 is 0 Å². The Kier molecular flexibility index (Phi) is 5.60. The van der Waals surface area contributed by atoms with Crippen LogP contribution < -0.4 is 0 Å². The second kappa shape index (κ2) is 6.00. The van der Waals surface area contributed by atoms with E-state index in [1.165, 1.54) is 0 Å². The first-order chi connectivity index (χ1) is 7.60. The highest BCUT2D eigenvalue weighted by Gasteiger charge is 2.39. The summed E-state index contributed by atoms with van der Waals surface area (Å²) in [5.74, 6) is -1.99. The summed E-state index contributed by atoms with van der Waals surface area (Å²) in [6, 6.07) is 0. The molecular weight excluding hydrogens is 264 g/mol. The van der Waals surface area contributed by atoms with Gasteiger partial charge in [0.1, 0.15) is 18.3 Å². The van der Waals surface area contributed by atoms with Crippen LogP contribution in [0.4, 0.5) is 0 Å². The van der Waals surface area contributed by atoms with E-state index in [1.54, 1.807) is 0 Å². The van der Waals surface area contributed by atoms with Gasteiger partial charge in [-0.15, -0.1) is 0 Å². The van der Waals surface area contributed by atoms with Gasteiger partial charge in [0.15, 0.2) is 12.4 Å². The van der Waals surface area contributed by atoms with E-state index in [0.717, 1.165) is 0 Å². The van der Waals surface area contributed by atoms with Crippen LogP contribution >= 0.6 is 0 Å². The number of hydrogen-bond donors (Lipinski definition) is 5. The predicted octanol–water partition coefficient (Wildman–Crippen LogP) is -3.46. The molecule has 0 rings (SSSR count). The van der Waals surface area contributed by atoms with Crippen molar-refractivity contribution in [2.45, 2.75) is 24.4 Å². The van der Waals surface area contributed by atoms with Crippen LogP contribution in [0.15, 0.2) is 0 Å². The summed E-state index contributed by atoms with van der Waals surface area (Å²) in [6.45, 7) is 0. The maximum Gasteiger partial charge on any atom is 0.397 e. The normalized spacial score (nSPS) is 19.1. The van der Waals surface area contributed by atoms with Crippen molar-refractivity contribution in [3.8, 4) is 0 Å². The molecule has 11 heteroatoms. The Morgan fingerprint density at radius 1 is 1.24 bits per heavy atom. The van der Waals surface area contributed by atoms with E-state index in [1.807, 2.05) is 0 Å². The van der Waals surface area contributed by atoms with Gasteiger partial charge in [0.25, 0.3) is 0 Å². The smallest absolute Gasteiger partial charge is 0.397 e. The topological polar surface area (TPSA) is 179 Å². The average molecular weight is 274 g/mol. The number of rotatable bonds is 7. The molecule has 0 radical (unpaired) electrons. The molecule has 0 saturated heterocycles. The first-order valence-electron chi connectivity index (χ1n) is 3.98. The average Bonchev–Trinajstić information content (AvgIpc) is 2.21. The van der Waals surface area contributed by atoms with Gasteiger partial charge in [-0.05, 0) is 0 Å². The molecule has 0 spiro atoms. The van der Waals surface area contributed by atoms with Gasteiger partial charge in [-0.3, -0.25) is 4.55 Å². The highest BCUT2D eigenvalue weighted by Crippen LogP contribution is 2.11. The maximum absolute atomic E-state index is 10.4. The summed E-state index contributed by atoms with van der Waals surface area (Å²) >= 11 is 0. The summed E-state index contributed by atoms with van der Waals surface area (Å²) in [6.07, 6.45) is -9.82. The molecule has 0 aromatic rings. The minimum atomic E-state index is -5.20. The van der Waals surface area contributed by atoms with E-state index in [2.05, 4.69) is 4.18 Å². The number of carbonyl (C=O) groups is 2. The third kappa shape index (κ3) is 5.16. The highest BCUT2D eigenvalue weighted by molar-refractivity contribution is 7.80. The van der Waals surface area contributed by atoms with E-state index < -0.39 is 40.8 Å². The van der Waals surface area contributed by atoms with Gasteiger partial charge in [0.2, 0.25) is 0 Å². The zero-order valence-electron chi connectivity index (χ0n) is 8.07. The number of hydrogen-bond acceptors (Lipinski definition) is 8. The quantitative estimate of drug-likeness (QED) is 0.231. The molecule has 100 valence electrons. The lowest BCUT2D eigenvalue weighted by molar-refractivity contribution is -0.161. The lowest BCUT2D eigenvalue weighted by Gasteiger charge is -2.24. The van der Waals surface area contributed by atoms with Crippen molar-refractivity contribution in [1.82, 2.24) is 0 Å². The van der Waals surface area contributed by atoms with Crippen molar-refractivity contribution >= 4 is 22.7 Å². The summed E-state index contributed by atoms with van der Waals surface area (Å²) in [4.78, 5) is 20.5. The van der Waals surface area contributed by atoms with Gasteiger partial charge in [0.05, 0.1) is 0 Å². The van der Waals surface area contributed by atoms with Crippen LogP contribution in [0.2, 0.25) is 0 Å². The third-order valence-corrected chi connectivity index (χ3v) is 2.09. The Labute approximate surface area is 95.0 Å². The molecule has 0 fully saturated rings. The monoisotopic (exact) mass is 274 g/mol. The van der Waals surface area contributed by atoms with Gasteiger partial charge < -0.3 is 25.2 Å². The molecule has 4 unspecified atom stereocenters. The fourth-order valence-electron chi connectivity index (χ4n) is 0.852. The molecule has 0 amide bonds. The molecule has 0 aliphatic rings. The van der Waals surface area contributed by atoms with Crippen LogP contribution in [0.1, 0.15) is 0 Å². The third-order valence-electron chi connectivity index (χ3n) is 1.62. The zero-order valence-corrected chi connectivity index (χ0v) is 8.89. The molecule has 4 atom stereocenters. The molecule has 0 heterocycles. The molecule has 0 aliphatic carbocycles. The van der Waals surface area contributed by atoms with Crippen molar-refractivity contribution in [2.75, 3.05) is 0 Å². The van der Waals surface area contributed by atoms with Gasteiger partial charge in [0, 0.05) is 0 Å². The summed E-state index contributed by atoms with van der Waals surface area (Å²) in [5, 5.41) is 35.3. The molecule has 17 heavy (non-hydrogen) atoms. The van der Waals surface area contributed by atoms with E-state index in [-0.39, 0.29) is 6.29 Å². The highest BCUT2D eigenvalue weighted by atomic mass is 32.3. The number of carboxylic acids is 1. The first kappa shape index (κ1) is 15.9. The van der Waals surface area contributed by atoms with Crippen molar-refractivity contribution in [1.29, 1.82) is 0 Å². The molecule has 0 saturated carbocycles. The Balaban J connectivity index is 5.10. The number of aliphatic carboxylic acids is 1. The number of carboxylic acid groups (broad SMARTS) is 1. The molecule has 0 aromatic carbocycles. The van der Waals surface area contributed by atoms with Crippen LogP contribution in [0.3, 0.4) is 0 Å². The standard InChI is InChI=1S/C6H10O10S/c7-1-2(8)3(9)5(4(10)6(11)12)16-17(13,14)15/h1-5,8-10H,(H,11,12)(H,13,14,15). The molecule has 0 aromatic heterocycles. The van der Waals surface area contributed by atoms with Crippen molar-refractivity contribution in [3.63, 3.8) is 0 Å². The van der Waals surface area contributed by atoms with Crippen molar-refractivity contribution < 1.29 is 47.2 Å². The zero-order chi connectivity index (χ0) is 13.8. The summed E-state index contributed by atoms with van der Waals surface area (Å²) in [7, 11) is -5.20. The Hall–Kier alpha value is -1.11. The SMILES string of the molecule is O=CC(O)C(O)C(OS(=O)(=O)O)C(O)C(=O)O. The van der Waals surface area contributed by atoms with Crippen LogP contribution in [-0.2, 0) is 24.2 Å². The maximum atomic E-state index is 10.4. The summed E-state index contributed by atoms with van der Waals surface area (Å²) in [5.41, 5.74) is 0. The lowest BCUT2D eigenvalue weighted by Crippen LogP contribution is -2.50. The molecule has 0 bridgehead atoms. The number of aliphatic hydroxyl groups is 3. The lowest BCUT2D eigenvalue weighted by atomic mass is 10.0. The van der Waals surface area contributed by atoms with Crippen LogP contribution in [0.5, 0.6) is 0 Å². The molecular formula is C6H10O10S. The van der Waals surface area contributed by atoms with Crippen LogP contribution in [0, 0.1) is 0 Å². The first-order valence-corrected chi connectivity index (χ1v) is 5.34. The number of aliphatic hydroxyl groups excluding tert-OH is 3. The molecule has 10 nitrogen and oxygen atoms in total. The minimum absolute atomic E-state index is 0.237. The Morgan fingerprint density at radius 3 is 2.00 bits per heavy atom. The predicted molar refractivity (Wildman–Crippen MR) is 48.1 cm³/mol. The number of carbonyl (C=O) groups excluding carboxylic acids is 1. The summed E-state index contributed by atoms with van der Waals surface area (Å²) < 4.78 is 32.6. The van der Waals surface area contributed by atoms with E-state index in [4.69, 9.17) is 25.0 Å². The van der Waals surface area contributed by atoms with Crippen LogP contribution in [-0.4, -0.2) is 70.1 Å². The Morgan fingerprint density at radius 2 is 1.71 bits per heavy atom. The van der Waals surface area contributed by atoms with E-state index in [9.17, 15) is 18.0 Å². The van der Waals surface area contributed by atoms with Gasteiger partial charge in [-0.25, -0.2) is 8.98 Å². The minimum Gasteiger partial charge on any atom is -0.479 e. The fraction of sp³-hybridized carbons (Fsp3) is 0.667. The largest absolute Gasteiger partial charge is 0.479 e. The second-order valence-electron chi connectivity index (χ2n) is 2.89. The Bertz CT molecular complexity index is 374. The number of aldehydes is 1. The van der Waals surface area contributed by atoms with Crippen molar-refractivity contribution in [3.05, 3.63) is 0 Å². The van der Waals surface area contributed by atoms with Gasteiger partial charge in [-0.2, -0.15) is 8.42 Å². The second-order valence-corrected chi connectivity index (χ2v) is 3.94. The molecule has 0 aliphatic heterocycles. The van der Waals surface area contributed by atoms with E-state index in [0.29, 0.717) is 0 Å².